The summed E-state index contributed by atoms with van der Waals surface area (Å²) in [5, 5.41) is 8.47. The zero-order valence-corrected chi connectivity index (χ0v) is 23.7. The largest absolute Gasteiger partial charge is 0.477 e. The van der Waals surface area contributed by atoms with Crippen molar-refractivity contribution in [3.8, 4) is 11.7 Å². The number of anilines is 2. The molecule has 1 unspecified atom stereocenters. The molecule has 3 aliphatic rings. The quantitative estimate of drug-likeness (QED) is 0.371. The Kier molecular flexibility index (Phi) is 7.03. The van der Waals surface area contributed by atoms with Crippen LogP contribution in [0.1, 0.15) is 56.3 Å². The van der Waals surface area contributed by atoms with Crippen LogP contribution in [0.15, 0.2) is 47.6 Å². The smallest absolute Gasteiger partial charge is 0.394 e. The van der Waals surface area contributed by atoms with Crippen LogP contribution in [0.5, 0.6) is 5.88 Å². The highest BCUT2D eigenvalue weighted by Gasteiger charge is 2.62. The average molecular weight is 588 g/mol. The van der Waals surface area contributed by atoms with E-state index in [9.17, 15) is 18.0 Å². The first-order chi connectivity index (χ1) is 19.6. The number of carbonyl (C=O) groups excluding carboxylic acids is 1. The van der Waals surface area contributed by atoms with Gasteiger partial charge in [0.25, 0.3) is 5.91 Å². The average Bonchev–Trinajstić information content (AvgIpc) is 3.49. The van der Waals surface area contributed by atoms with Gasteiger partial charge in [0.15, 0.2) is 5.82 Å². The van der Waals surface area contributed by atoms with E-state index >= 15 is 0 Å². The molecular weight excluding hydrogens is 555 g/mol. The van der Waals surface area contributed by atoms with Crippen LogP contribution >= 0.6 is 11.9 Å². The number of aromatic nitrogens is 4. The van der Waals surface area contributed by atoms with Gasteiger partial charge in [0.05, 0.1) is 17.6 Å². The molecule has 9 nitrogen and oxygen atoms in total. The maximum atomic E-state index is 13.4. The molecule has 1 aliphatic carbocycles. The van der Waals surface area contributed by atoms with E-state index in [1.165, 1.54) is 4.68 Å². The van der Waals surface area contributed by atoms with E-state index in [0.717, 1.165) is 43.7 Å². The van der Waals surface area contributed by atoms with Crippen molar-refractivity contribution in [2.45, 2.75) is 62.7 Å². The van der Waals surface area contributed by atoms with Gasteiger partial charge in [-0.3, -0.25) is 9.52 Å². The lowest BCUT2D eigenvalue weighted by molar-refractivity contribution is -0.190. The number of nitrogens with one attached hydrogen (secondary N) is 2. The van der Waals surface area contributed by atoms with E-state index in [1.807, 2.05) is 18.2 Å². The van der Waals surface area contributed by atoms with Crippen LogP contribution in [-0.4, -0.2) is 57.1 Å². The topological polar surface area (TPSA) is 97.2 Å². The molecule has 1 atom stereocenters. The van der Waals surface area contributed by atoms with Crippen molar-refractivity contribution in [1.82, 2.24) is 24.5 Å². The van der Waals surface area contributed by atoms with Gasteiger partial charge in [-0.15, -0.1) is 5.10 Å². The maximum absolute atomic E-state index is 13.4. The predicted molar refractivity (Wildman–Crippen MR) is 149 cm³/mol. The normalized spacial score (nSPS) is 21.3. The number of halogens is 3. The summed E-state index contributed by atoms with van der Waals surface area (Å²) in [7, 11) is 0. The number of hydrogen-bond donors (Lipinski definition) is 2. The first-order valence-electron chi connectivity index (χ1n) is 13.8. The van der Waals surface area contributed by atoms with E-state index in [0.29, 0.717) is 28.1 Å². The Labute approximate surface area is 240 Å². The van der Waals surface area contributed by atoms with Gasteiger partial charge in [0.1, 0.15) is 16.7 Å². The fourth-order valence-electron chi connectivity index (χ4n) is 5.76. The molecule has 41 heavy (non-hydrogen) atoms. The Morgan fingerprint density at radius 3 is 2.73 bits per heavy atom. The number of amides is 1. The van der Waals surface area contributed by atoms with Crippen LogP contribution in [0.25, 0.3) is 5.82 Å². The second-order valence-electron chi connectivity index (χ2n) is 11.4. The van der Waals surface area contributed by atoms with Crippen molar-refractivity contribution >= 4 is 29.5 Å². The summed E-state index contributed by atoms with van der Waals surface area (Å²) in [6, 6.07) is 10.7. The lowest BCUT2D eigenvalue weighted by Crippen LogP contribution is -2.44. The van der Waals surface area contributed by atoms with E-state index in [2.05, 4.69) is 38.9 Å². The number of alkyl halides is 3. The SMILES string of the molecule is CC1(C)C2CCNc3cccc(n3)SNC(=O)c3ccc(-n4ccc(OCCC5(C(F)(F)F)CC5)n4)nc3N1CC2. The van der Waals surface area contributed by atoms with Crippen LogP contribution in [0.3, 0.4) is 0 Å². The highest BCUT2D eigenvalue weighted by molar-refractivity contribution is 7.97. The van der Waals surface area contributed by atoms with Crippen molar-refractivity contribution in [2.24, 2.45) is 11.3 Å². The molecule has 6 rings (SSSR count). The van der Waals surface area contributed by atoms with Gasteiger partial charge in [-0.25, -0.2) is 14.6 Å². The second kappa shape index (κ2) is 10.4. The summed E-state index contributed by atoms with van der Waals surface area (Å²) >= 11 is 1.14. The van der Waals surface area contributed by atoms with Gasteiger partial charge < -0.3 is 15.0 Å². The van der Waals surface area contributed by atoms with E-state index < -0.39 is 11.6 Å². The Morgan fingerprint density at radius 2 is 1.95 bits per heavy atom. The molecule has 2 N–H and O–H groups in total. The molecule has 0 aromatic carbocycles. The first-order valence-corrected chi connectivity index (χ1v) is 14.6. The monoisotopic (exact) mass is 587 g/mol. The number of carbonyl (C=O) groups is 1. The molecule has 0 spiro atoms. The third-order valence-corrected chi connectivity index (χ3v) is 9.34. The first kappa shape index (κ1) is 27.7. The van der Waals surface area contributed by atoms with Gasteiger partial charge in [-0.2, -0.15) is 13.2 Å². The molecule has 5 heterocycles. The molecular formula is C28H32F3N7O2S. The summed E-state index contributed by atoms with van der Waals surface area (Å²) in [6.07, 6.45) is -0.476. The molecule has 3 aromatic heterocycles. The lowest BCUT2D eigenvalue weighted by Gasteiger charge is -2.38. The molecule has 1 saturated heterocycles. The zero-order chi connectivity index (χ0) is 28.8. The van der Waals surface area contributed by atoms with E-state index in [-0.39, 0.29) is 43.2 Å². The standard InChI is InChI=1S/C28H32F3N7O2S/c1-26(2)18-8-14-32-20-4-3-5-23(33-20)41-36-25(39)19-6-7-21(34-24(19)37(26)15-9-18)38-16-10-22(35-38)40-17-13-27(11-12-27)28(29,30)31/h3-7,10,16,18H,8-9,11-15,17H2,1-2H3,(H,32,33)(H,36,39). The van der Waals surface area contributed by atoms with Crippen LogP contribution in [0, 0.1) is 11.3 Å². The maximum Gasteiger partial charge on any atom is 0.394 e. The van der Waals surface area contributed by atoms with Crippen molar-refractivity contribution in [3.05, 3.63) is 48.2 Å². The third-order valence-electron chi connectivity index (χ3n) is 8.61. The number of ether oxygens (including phenoxy) is 1. The molecule has 3 aromatic rings. The number of nitrogens with zero attached hydrogens (tertiary/aromatic N) is 5. The van der Waals surface area contributed by atoms with Gasteiger partial charge in [0.2, 0.25) is 5.88 Å². The van der Waals surface area contributed by atoms with E-state index in [1.54, 1.807) is 24.4 Å². The minimum Gasteiger partial charge on any atom is -0.477 e. The zero-order valence-electron chi connectivity index (χ0n) is 22.9. The van der Waals surface area contributed by atoms with Crippen LogP contribution in [-0.2, 0) is 0 Å². The Balaban J connectivity index is 1.26. The van der Waals surface area contributed by atoms with Gasteiger partial charge >= 0.3 is 6.18 Å². The second-order valence-corrected chi connectivity index (χ2v) is 12.2. The van der Waals surface area contributed by atoms with Gasteiger partial charge in [0, 0.05) is 42.8 Å². The number of hydrogen-bond acceptors (Lipinski definition) is 8. The van der Waals surface area contributed by atoms with Gasteiger partial charge in [-0.1, -0.05) is 6.07 Å². The summed E-state index contributed by atoms with van der Waals surface area (Å²) in [4.78, 5) is 25.1. The van der Waals surface area contributed by atoms with Crippen LogP contribution in [0.2, 0.25) is 0 Å². The number of fused-ring (bicyclic) bond motifs is 6. The summed E-state index contributed by atoms with van der Waals surface area (Å²) in [5.41, 5.74) is -1.45. The van der Waals surface area contributed by atoms with Crippen molar-refractivity contribution in [1.29, 1.82) is 0 Å². The van der Waals surface area contributed by atoms with Crippen molar-refractivity contribution in [3.63, 3.8) is 0 Å². The molecule has 0 radical (unpaired) electrons. The minimum atomic E-state index is -4.21. The molecule has 218 valence electrons. The Morgan fingerprint density at radius 1 is 1.12 bits per heavy atom. The lowest BCUT2D eigenvalue weighted by atomic mass is 9.85. The number of rotatable bonds is 5. The highest BCUT2D eigenvalue weighted by Crippen LogP contribution is 2.59. The molecule has 2 fully saturated rings. The fraction of sp³-hybridized carbons (Fsp3) is 0.500. The molecule has 2 aliphatic heterocycles. The van der Waals surface area contributed by atoms with E-state index in [4.69, 9.17) is 9.72 Å². The summed E-state index contributed by atoms with van der Waals surface area (Å²) < 4.78 is 49.7. The third kappa shape index (κ3) is 5.43. The molecule has 4 bridgehead atoms. The summed E-state index contributed by atoms with van der Waals surface area (Å²) in [6.45, 7) is 5.79. The molecule has 13 heteroatoms. The van der Waals surface area contributed by atoms with Crippen molar-refractivity contribution < 1.29 is 22.7 Å². The van der Waals surface area contributed by atoms with Crippen LogP contribution in [0.4, 0.5) is 24.8 Å². The number of pyridine rings is 2. The minimum absolute atomic E-state index is 0.0675. The Hall–Kier alpha value is -3.48. The fourth-order valence-corrected chi connectivity index (χ4v) is 6.36. The Bertz CT molecular complexity index is 1440. The summed E-state index contributed by atoms with van der Waals surface area (Å²) in [5.74, 6) is 2.10. The molecule has 1 amide bonds. The predicted octanol–water partition coefficient (Wildman–Crippen LogP) is 5.63. The van der Waals surface area contributed by atoms with Crippen LogP contribution < -0.4 is 19.7 Å². The highest BCUT2D eigenvalue weighted by atomic mass is 32.2. The van der Waals surface area contributed by atoms with Gasteiger partial charge in [-0.05, 0) is 76.1 Å². The molecule has 1 saturated carbocycles. The van der Waals surface area contributed by atoms with Crippen molar-refractivity contribution in [2.75, 3.05) is 29.9 Å².